The summed E-state index contributed by atoms with van der Waals surface area (Å²) in [4.78, 5) is 47.1. The Labute approximate surface area is 376 Å². The lowest BCUT2D eigenvalue weighted by Gasteiger charge is -2.34. The zero-order valence-electron chi connectivity index (χ0n) is 35.9. The molecule has 19 heteroatoms. The van der Waals surface area contributed by atoms with Gasteiger partial charge < -0.3 is 35.5 Å². The summed E-state index contributed by atoms with van der Waals surface area (Å²) in [5.74, 6) is 1.55. The minimum absolute atomic E-state index is 0.0229. The number of likely N-dealkylation sites (tertiary alicyclic amines) is 2. The van der Waals surface area contributed by atoms with Crippen molar-refractivity contribution in [1.29, 1.82) is 0 Å². The third-order valence-corrected chi connectivity index (χ3v) is 12.1. The lowest BCUT2D eigenvalue weighted by molar-refractivity contribution is 0.0187. The molecule has 2 amide bonds. The number of pyridine rings is 2. The lowest BCUT2D eigenvalue weighted by Crippen LogP contribution is -2.42. The molecule has 8 heterocycles. The Morgan fingerprint density at radius 3 is 1.60 bits per heavy atom. The number of anilines is 2. The van der Waals surface area contributed by atoms with Gasteiger partial charge in [0, 0.05) is 84.9 Å². The molecule has 2 unspecified atom stereocenters. The first-order chi connectivity index (χ1) is 29.4. The van der Waals surface area contributed by atoms with E-state index in [0.29, 0.717) is 63.9 Å². The Bertz CT molecular complexity index is 2570. The topological polar surface area (TPSA) is 207 Å². The van der Waals surface area contributed by atoms with Gasteiger partial charge in [-0.2, -0.15) is 19.2 Å². The highest BCUT2D eigenvalue weighted by Gasteiger charge is 2.33. The van der Waals surface area contributed by atoms with E-state index in [1.807, 2.05) is 59.7 Å². The van der Waals surface area contributed by atoms with Crippen molar-refractivity contribution in [1.82, 2.24) is 49.0 Å². The number of fused-ring (bicyclic) bond motifs is 2. The average molecular weight is 977 g/mol. The minimum Gasteiger partial charge on any atom is -0.481 e. The van der Waals surface area contributed by atoms with E-state index in [1.54, 1.807) is 63.0 Å². The van der Waals surface area contributed by atoms with Crippen molar-refractivity contribution in [2.45, 2.75) is 90.3 Å². The van der Waals surface area contributed by atoms with Crippen molar-refractivity contribution in [3.8, 4) is 28.1 Å². The van der Waals surface area contributed by atoms with Crippen molar-refractivity contribution in [3.63, 3.8) is 0 Å². The number of nitrogens with two attached hydrogens (primary N) is 2. The van der Waals surface area contributed by atoms with Crippen LogP contribution in [0.3, 0.4) is 0 Å². The largest absolute Gasteiger partial charge is 0.481 e. The van der Waals surface area contributed by atoms with Gasteiger partial charge in [0.15, 0.2) is 11.3 Å². The Morgan fingerprint density at radius 1 is 0.710 bits per heavy atom. The standard InChI is InChI=1S/C22H27BrN6O3.C21H25BrN6O2/c1-22(2,3)32-21(30)28-9-5-6-14(12-28)18-17(23)19(24)29-20(27-18)15(11-26-29)13-7-8-16(31-4)25-10-13;1-21(2,3)30-20(29)27-9-5-7-14(12-27)17-16(22)18(23)28-19(26-17)15(11-25-28)13-6-4-8-24-10-13/h7-8,10-11,14H,5-6,9,12,24H2,1-4H3;4,6,8,10-11,14H,5,7,9,12,23H2,1-3H3. The van der Waals surface area contributed by atoms with Crippen molar-refractivity contribution < 1.29 is 23.8 Å². The number of rotatable bonds is 5. The second kappa shape index (κ2) is 18.0. The van der Waals surface area contributed by atoms with Gasteiger partial charge in [0.05, 0.1) is 39.8 Å². The third-order valence-electron chi connectivity index (χ3n) is 10.4. The van der Waals surface area contributed by atoms with Crippen LogP contribution >= 0.6 is 31.9 Å². The van der Waals surface area contributed by atoms with Crippen LogP contribution in [0.2, 0.25) is 0 Å². The molecule has 0 radical (unpaired) electrons. The average Bonchev–Trinajstić information content (AvgIpc) is 3.88. The number of nitrogen functional groups attached to an aromatic ring is 2. The fourth-order valence-corrected chi connectivity index (χ4v) is 8.70. The quantitative estimate of drug-likeness (QED) is 0.166. The first kappa shape index (κ1) is 44.5. The van der Waals surface area contributed by atoms with Crippen molar-refractivity contribution in [3.05, 3.63) is 75.6 Å². The summed E-state index contributed by atoms with van der Waals surface area (Å²) in [6, 6.07) is 7.55. The van der Waals surface area contributed by atoms with Crippen molar-refractivity contribution in [2.24, 2.45) is 0 Å². The first-order valence-electron chi connectivity index (χ1n) is 20.4. The summed E-state index contributed by atoms with van der Waals surface area (Å²) in [6.07, 6.45) is 11.7. The number of aromatic nitrogens is 8. The summed E-state index contributed by atoms with van der Waals surface area (Å²) in [6.45, 7) is 13.6. The number of carbonyl (C=O) groups is 2. The summed E-state index contributed by atoms with van der Waals surface area (Å²) in [5.41, 5.74) is 18.2. The number of nitrogens with zero attached hydrogens (tertiary/aromatic N) is 10. The van der Waals surface area contributed by atoms with Crippen LogP contribution in [-0.4, -0.2) is 106 Å². The smallest absolute Gasteiger partial charge is 0.410 e. The molecule has 4 N–H and O–H groups in total. The molecule has 17 nitrogen and oxygen atoms in total. The van der Waals surface area contributed by atoms with Gasteiger partial charge in [0.25, 0.3) is 0 Å². The molecule has 328 valence electrons. The first-order valence-corrected chi connectivity index (χ1v) is 22.0. The molecule has 0 saturated carbocycles. The normalized spacial score (nSPS) is 17.1. The van der Waals surface area contributed by atoms with Crippen LogP contribution in [0.15, 0.2) is 64.2 Å². The highest BCUT2D eigenvalue weighted by molar-refractivity contribution is 9.11. The molecule has 8 rings (SSSR count). The van der Waals surface area contributed by atoms with E-state index < -0.39 is 11.2 Å². The summed E-state index contributed by atoms with van der Waals surface area (Å²) in [5, 5.41) is 8.84. The second-order valence-electron chi connectivity index (χ2n) is 17.3. The zero-order chi connectivity index (χ0) is 44.5. The van der Waals surface area contributed by atoms with Gasteiger partial charge in [0.1, 0.15) is 22.8 Å². The maximum atomic E-state index is 12.6. The number of amides is 2. The predicted octanol–water partition coefficient (Wildman–Crippen LogP) is 8.51. The molecule has 6 aromatic rings. The van der Waals surface area contributed by atoms with Crippen LogP contribution in [0.1, 0.15) is 90.4 Å². The molecule has 2 saturated heterocycles. The van der Waals surface area contributed by atoms with Crippen LogP contribution in [0.4, 0.5) is 21.2 Å². The molecule has 2 aliphatic heterocycles. The number of halogens is 2. The zero-order valence-corrected chi connectivity index (χ0v) is 39.1. The lowest BCUT2D eigenvalue weighted by atomic mass is 9.94. The van der Waals surface area contributed by atoms with E-state index in [9.17, 15) is 9.59 Å². The Morgan fingerprint density at radius 2 is 1.19 bits per heavy atom. The Hall–Kier alpha value is -5.56. The Kier molecular flexibility index (Phi) is 12.9. The van der Waals surface area contributed by atoms with Gasteiger partial charge in [-0.05, 0) is 111 Å². The van der Waals surface area contributed by atoms with E-state index >= 15 is 0 Å². The van der Waals surface area contributed by atoms with E-state index in [1.165, 1.54) is 0 Å². The number of carbonyl (C=O) groups excluding carboxylic acids is 2. The monoisotopic (exact) mass is 974 g/mol. The van der Waals surface area contributed by atoms with Gasteiger partial charge in [-0.15, -0.1) is 0 Å². The van der Waals surface area contributed by atoms with E-state index in [4.69, 9.17) is 35.6 Å². The molecule has 2 atom stereocenters. The van der Waals surface area contributed by atoms with Gasteiger partial charge in [-0.25, -0.2) is 24.5 Å². The summed E-state index contributed by atoms with van der Waals surface area (Å²) >= 11 is 7.23. The molecular formula is C43H52Br2N12O5. The number of ether oxygens (including phenoxy) is 3. The van der Waals surface area contributed by atoms with Gasteiger partial charge >= 0.3 is 12.2 Å². The van der Waals surface area contributed by atoms with Crippen LogP contribution in [0.5, 0.6) is 5.88 Å². The minimum atomic E-state index is -0.537. The second-order valence-corrected chi connectivity index (χ2v) is 18.9. The SMILES string of the molecule is CC(C)(C)OC(=O)N1CCCC(c2nc3c(-c4cccnc4)cnn3c(N)c2Br)C1.COc1ccc(-c2cnn3c(N)c(Br)c(C4CCCN(C(=O)OC(C)(C)C)C4)nc23)cn1. The molecule has 2 aliphatic rings. The Balaban J connectivity index is 0.000000187. The maximum Gasteiger partial charge on any atom is 0.410 e. The van der Waals surface area contributed by atoms with E-state index in [-0.39, 0.29) is 24.0 Å². The fraction of sp³-hybridized carbons (Fsp3) is 0.442. The fourth-order valence-electron chi connectivity index (χ4n) is 7.54. The summed E-state index contributed by atoms with van der Waals surface area (Å²) in [7, 11) is 1.58. The molecule has 0 spiro atoms. The maximum absolute atomic E-state index is 12.6. The van der Waals surface area contributed by atoms with Crippen LogP contribution in [0.25, 0.3) is 33.5 Å². The van der Waals surface area contributed by atoms with Gasteiger partial charge in [0.2, 0.25) is 5.88 Å². The number of hydrogen-bond donors (Lipinski definition) is 2. The van der Waals surface area contributed by atoms with Crippen LogP contribution < -0.4 is 16.2 Å². The number of hydrogen-bond acceptors (Lipinski definition) is 13. The molecule has 0 aliphatic carbocycles. The number of methoxy groups -OCH3 is 1. The number of piperidine rings is 2. The van der Waals surface area contributed by atoms with Gasteiger partial charge in [-0.3, -0.25) is 4.98 Å². The van der Waals surface area contributed by atoms with Crippen molar-refractivity contribution in [2.75, 3.05) is 44.8 Å². The highest BCUT2D eigenvalue weighted by Crippen LogP contribution is 2.38. The summed E-state index contributed by atoms with van der Waals surface area (Å²) < 4.78 is 20.9. The van der Waals surface area contributed by atoms with Crippen LogP contribution in [0, 0.1) is 0 Å². The third kappa shape index (κ3) is 9.72. The molecular weight excluding hydrogens is 924 g/mol. The highest BCUT2D eigenvalue weighted by atomic mass is 79.9. The molecule has 2 fully saturated rings. The van der Waals surface area contributed by atoms with Crippen molar-refractivity contribution >= 4 is 67.0 Å². The van der Waals surface area contributed by atoms with Gasteiger partial charge in [-0.1, -0.05) is 6.07 Å². The van der Waals surface area contributed by atoms with E-state index in [0.717, 1.165) is 59.3 Å². The van der Waals surface area contributed by atoms with Crippen LogP contribution in [-0.2, 0) is 9.47 Å². The molecule has 0 aromatic carbocycles. The van der Waals surface area contributed by atoms with E-state index in [2.05, 4.69) is 52.0 Å². The predicted molar refractivity (Wildman–Crippen MR) is 243 cm³/mol. The molecule has 0 bridgehead atoms. The molecule has 6 aromatic heterocycles. The molecule has 62 heavy (non-hydrogen) atoms.